The summed E-state index contributed by atoms with van der Waals surface area (Å²) in [5.41, 5.74) is 1.46. The predicted octanol–water partition coefficient (Wildman–Crippen LogP) is 5.37. The molecule has 1 unspecified atom stereocenters. The lowest BCUT2D eigenvalue weighted by Crippen LogP contribution is -2.10. The van der Waals surface area contributed by atoms with Crippen molar-refractivity contribution in [2.24, 2.45) is 0 Å². The number of rotatable bonds is 11. The highest BCUT2D eigenvalue weighted by Crippen LogP contribution is 2.21. The Kier molecular flexibility index (Phi) is 8.18. The number of hydrogen-bond acceptors (Lipinski definition) is 2. The van der Waals surface area contributed by atoms with E-state index in [-0.39, 0.29) is 0 Å². The van der Waals surface area contributed by atoms with Crippen LogP contribution in [0.3, 0.4) is 0 Å². The maximum atomic E-state index is 4.21. The number of nitrogens with zero attached hydrogens (tertiary/aromatic N) is 2. The van der Waals surface area contributed by atoms with Gasteiger partial charge in [-0.1, -0.05) is 56.5 Å². The summed E-state index contributed by atoms with van der Waals surface area (Å²) in [5.74, 6) is 2.45. The Labute approximate surface area is 139 Å². The van der Waals surface area contributed by atoms with Crippen LogP contribution < -0.4 is 0 Å². The first-order valence-corrected chi connectivity index (χ1v) is 9.64. The Morgan fingerprint density at radius 2 is 2.00 bits per heavy atom. The molecule has 0 saturated carbocycles. The van der Waals surface area contributed by atoms with Gasteiger partial charge in [-0.3, -0.25) is 0 Å². The molecule has 22 heavy (non-hydrogen) atoms. The molecule has 1 atom stereocenters. The van der Waals surface area contributed by atoms with Crippen molar-refractivity contribution >= 4 is 11.8 Å². The van der Waals surface area contributed by atoms with Crippen LogP contribution in [-0.4, -0.2) is 21.1 Å². The fourth-order valence-electron chi connectivity index (χ4n) is 2.68. The van der Waals surface area contributed by atoms with Gasteiger partial charge in [0.15, 0.2) is 0 Å². The summed E-state index contributed by atoms with van der Waals surface area (Å²) in [7, 11) is 0. The minimum absolute atomic E-state index is 0.607. The van der Waals surface area contributed by atoms with Crippen LogP contribution in [0.5, 0.6) is 0 Å². The highest BCUT2D eigenvalue weighted by atomic mass is 32.2. The van der Waals surface area contributed by atoms with Gasteiger partial charge in [0.25, 0.3) is 0 Å². The largest absolute Gasteiger partial charge is 0.334 e. The molecule has 2 aromatic rings. The van der Waals surface area contributed by atoms with E-state index in [1.54, 1.807) is 0 Å². The molecule has 0 N–H and O–H groups in total. The molecule has 1 aromatic carbocycles. The normalized spacial score (nSPS) is 12.4. The van der Waals surface area contributed by atoms with Crippen LogP contribution in [0.15, 0.2) is 49.1 Å². The van der Waals surface area contributed by atoms with Crippen LogP contribution in [0.2, 0.25) is 0 Å². The summed E-state index contributed by atoms with van der Waals surface area (Å²) in [5, 5.41) is 0. The van der Waals surface area contributed by atoms with Gasteiger partial charge in [-0.15, -0.1) is 0 Å². The van der Waals surface area contributed by atoms with Crippen molar-refractivity contribution in [3.8, 4) is 0 Å². The average Bonchev–Trinajstić information content (AvgIpc) is 3.08. The Morgan fingerprint density at radius 1 is 1.14 bits per heavy atom. The third-order valence-electron chi connectivity index (χ3n) is 3.99. The predicted molar refractivity (Wildman–Crippen MR) is 97.5 cm³/mol. The second-order valence-electron chi connectivity index (χ2n) is 5.82. The van der Waals surface area contributed by atoms with Gasteiger partial charge in [-0.2, -0.15) is 11.8 Å². The number of aryl methyl sites for hydroxylation is 1. The molecule has 120 valence electrons. The number of imidazole rings is 1. The average molecular weight is 317 g/mol. The van der Waals surface area contributed by atoms with Crippen molar-refractivity contribution in [1.82, 2.24) is 9.55 Å². The number of aromatic nitrogens is 2. The summed E-state index contributed by atoms with van der Waals surface area (Å²) < 4.78 is 2.29. The van der Waals surface area contributed by atoms with Crippen molar-refractivity contribution in [2.75, 3.05) is 11.5 Å². The van der Waals surface area contributed by atoms with E-state index in [9.17, 15) is 0 Å². The van der Waals surface area contributed by atoms with Gasteiger partial charge in [-0.25, -0.2) is 4.98 Å². The van der Waals surface area contributed by atoms with Crippen LogP contribution in [0.25, 0.3) is 0 Å². The Hall–Kier alpha value is -1.22. The molecule has 0 aliphatic heterocycles. The van der Waals surface area contributed by atoms with E-state index in [4.69, 9.17) is 0 Å². The first kappa shape index (κ1) is 17.1. The van der Waals surface area contributed by atoms with Crippen LogP contribution in [0, 0.1) is 0 Å². The standard InChI is InChI=1S/C19H28N2S/c1-2-3-5-12-19(21-14-13-20-17-21)16-22-15-8-11-18-9-6-4-7-10-18/h4,6-7,9-10,13-14,17,19H,2-3,5,8,11-12,15-16H2,1H3. The number of thioether (sulfide) groups is 1. The fraction of sp³-hybridized carbons (Fsp3) is 0.526. The molecule has 3 heteroatoms. The second-order valence-corrected chi connectivity index (χ2v) is 6.97. The molecule has 2 rings (SSSR count). The van der Waals surface area contributed by atoms with E-state index >= 15 is 0 Å². The highest BCUT2D eigenvalue weighted by Gasteiger charge is 2.10. The van der Waals surface area contributed by atoms with Gasteiger partial charge in [0.1, 0.15) is 0 Å². The van der Waals surface area contributed by atoms with Gasteiger partial charge in [0.05, 0.1) is 6.33 Å². The van der Waals surface area contributed by atoms with E-state index in [0.717, 1.165) is 0 Å². The maximum absolute atomic E-state index is 4.21. The molecule has 0 saturated heterocycles. The third kappa shape index (κ3) is 6.27. The minimum Gasteiger partial charge on any atom is -0.334 e. The monoisotopic (exact) mass is 316 g/mol. The molecule has 0 bridgehead atoms. The Morgan fingerprint density at radius 3 is 2.73 bits per heavy atom. The van der Waals surface area contributed by atoms with Crippen molar-refractivity contribution in [3.63, 3.8) is 0 Å². The zero-order chi connectivity index (χ0) is 15.5. The second kappa shape index (κ2) is 10.5. The summed E-state index contributed by atoms with van der Waals surface area (Å²) in [4.78, 5) is 4.21. The van der Waals surface area contributed by atoms with Crippen LogP contribution >= 0.6 is 11.8 Å². The quantitative estimate of drug-likeness (QED) is 0.519. The molecular formula is C19H28N2S. The number of benzene rings is 1. The lowest BCUT2D eigenvalue weighted by atomic mass is 10.1. The first-order valence-electron chi connectivity index (χ1n) is 8.49. The zero-order valence-electron chi connectivity index (χ0n) is 13.7. The van der Waals surface area contributed by atoms with Crippen molar-refractivity contribution in [1.29, 1.82) is 0 Å². The molecule has 0 fully saturated rings. The highest BCUT2D eigenvalue weighted by molar-refractivity contribution is 7.99. The Balaban J connectivity index is 1.67. The summed E-state index contributed by atoms with van der Waals surface area (Å²) in [6.07, 6.45) is 13.7. The maximum Gasteiger partial charge on any atom is 0.0948 e. The van der Waals surface area contributed by atoms with E-state index in [2.05, 4.69) is 64.8 Å². The number of hydrogen-bond donors (Lipinski definition) is 0. The van der Waals surface area contributed by atoms with Gasteiger partial charge < -0.3 is 4.57 Å². The first-order chi connectivity index (χ1) is 10.9. The summed E-state index contributed by atoms with van der Waals surface area (Å²) in [6.45, 7) is 2.27. The van der Waals surface area contributed by atoms with Gasteiger partial charge in [0.2, 0.25) is 0 Å². The molecule has 0 spiro atoms. The van der Waals surface area contributed by atoms with Crippen molar-refractivity contribution in [2.45, 2.75) is 51.5 Å². The summed E-state index contributed by atoms with van der Waals surface area (Å²) >= 11 is 2.09. The molecule has 0 aliphatic rings. The summed E-state index contributed by atoms with van der Waals surface area (Å²) in [6, 6.07) is 11.4. The van der Waals surface area contributed by atoms with Crippen molar-refractivity contribution < 1.29 is 0 Å². The van der Waals surface area contributed by atoms with E-state index in [1.165, 1.54) is 55.6 Å². The smallest absolute Gasteiger partial charge is 0.0948 e. The van der Waals surface area contributed by atoms with Gasteiger partial charge in [0, 0.05) is 24.2 Å². The molecule has 0 amide bonds. The molecule has 1 aromatic heterocycles. The Bertz CT molecular complexity index is 481. The zero-order valence-corrected chi connectivity index (χ0v) is 14.5. The van der Waals surface area contributed by atoms with E-state index in [1.807, 2.05) is 12.5 Å². The molecule has 0 aliphatic carbocycles. The number of unbranched alkanes of at least 4 members (excludes halogenated alkanes) is 2. The van der Waals surface area contributed by atoms with Crippen LogP contribution in [-0.2, 0) is 6.42 Å². The molecular weight excluding hydrogens is 288 g/mol. The fourth-order valence-corrected chi connectivity index (χ4v) is 3.80. The third-order valence-corrected chi connectivity index (χ3v) is 5.19. The minimum atomic E-state index is 0.607. The van der Waals surface area contributed by atoms with E-state index < -0.39 is 0 Å². The molecule has 2 nitrogen and oxygen atoms in total. The topological polar surface area (TPSA) is 17.8 Å². The van der Waals surface area contributed by atoms with Crippen LogP contribution in [0.1, 0.15) is 50.6 Å². The van der Waals surface area contributed by atoms with Crippen LogP contribution in [0.4, 0.5) is 0 Å². The van der Waals surface area contributed by atoms with Gasteiger partial charge in [-0.05, 0) is 30.6 Å². The van der Waals surface area contributed by atoms with Gasteiger partial charge >= 0.3 is 0 Å². The van der Waals surface area contributed by atoms with Crippen molar-refractivity contribution in [3.05, 3.63) is 54.6 Å². The molecule has 0 radical (unpaired) electrons. The van der Waals surface area contributed by atoms with E-state index in [0.29, 0.717) is 6.04 Å². The lowest BCUT2D eigenvalue weighted by Gasteiger charge is -2.18. The lowest BCUT2D eigenvalue weighted by molar-refractivity contribution is 0.483. The SMILES string of the molecule is CCCCCC(CSCCCc1ccccc1)n1ccnc1. The molecule has 1 heterocycles.